The molecule has 7 nitrogen and oxygen atoms in total. The maximum absolute atomic E-state index is 12.7. The van der Waals surface area contributed by atoms with Crippen molar-refractivity contribution in [3.8, 4) is 0 Å². The van der Waals surface area contributed by atoms with Gasteiger partial charge in [0.2, 0.25) is 10.0 Å². The minimum Gasteiger partial charge on any atom is -0.457 e. The molecular formula is C18H19ClN2O5S. The van der Waals surface area contributed by atoms with Crippen LogP contribution in [0.5, 0.6) is 0 Å². The molecular weight excluding hydrogens is 392 g/mol. The van der Waals surface area contributed by atoms with Crippen molar-refractivity contribution in [2.45, 2.75) is 11.5 Å². The Morgan fingerprint density at radius 1 is 1.15 bits per heavy atom. The highest BCUT2D eigenvalue weighted by Gasteiger charge is 2.22. The Hall–Kier alpha value is -2.13. The average Bonchev–Trinajstić information content (AvgIpc) is 2.67. The molecule has 0 spiro atoms. The first-order valence-corrected chi connectivity index (χ1v) is 10.2. The smallest absolute Gasteiger partial charge is 0.340 e. The lowest BCUT2D eigenvalue weighted by molar-refractivity contribution is 0.0472. The molecule has 1 fully saturated rings. The minimum atomic E-state index is -3.94. The Bertz CT molecular complexity index is 925. The van der Waals surface area contributed by atoms with Gasteiger partial charge in [-0.25, -0.2) is 18.4 Å². The average molecular weight is 411 g/mol. The molecule has 0 amide bonds. The van der Waals surface area contributed by atoms with Gasteiger partial charge in [-0.3, -0.25) is 0 Å². The number of benzene rings is 2. The van der Waals surface area contributed by atoms with Crippen molar-refractivity contribution < 1.29 is 22.7 Å². The Morgan fingerprint density at radius 3 is 2.44 bits per heavy atom. The number of halogens is 1. The summed E-state index contributed by atoms with van der Waals surface area (Å²) in [5.41, 5.74) is 1.51. The van der Waals surface area contributed by atoms with E-state index < -0.39 is 16.0 Å². The van der Waals surface area contributed by atoms with Gasteiger partial charge in [0.15, 0.2) is 0 Å². The van der Waals surface area contributed by atoms with Gasteiger partial charge in [0.05, 0.1) is 29.4 Å². The monoisotopic (exact) mass is 410 g/mol. The number of rotatable bonds is 5. The summed E-state index contributed by atoms with van der Waals surface area (Å²) in [6.07, 6.45) is 0. The van der Waals surface area contributed by atoms with Crippen molar-refractivity contribution in [1.29, 1.82) is 0 Å². The molecule has 3 rings (SSSR count). The zero-order valence-electron chi connectivity index (χ0n) is 14.4. The van der Waals surface area contributed by atoms with Crippen LogP contribution in [-0.4, -0.2) is 40.7 Å². The normalized spacial score (nSPS) is 14.8. The summed E-state index contributed by atoms with van der Waals surface area (Å²) < 4.78 is 34.1. The maximum Gasteiger partial charge on any atom is 0.340 e. The molecule has 1 heterocycles. The minimum absolute atomic E-state index is 0.0398. The van der Waals surface area contributed by atoms with Crippen molar-refractivity contribution in [3.63, 3.8) is 0 Å². The van der Waals surface area contributed by atoms with Crippen LogP contribution in [0.15, 0.2) is 47.4 Å². The van der Waals surface area contributed by atoms with Crippen LogP contribution in [0.3, 0.4) is 0 Å². The van der Waals surface area contributed by atoms with Gasteiger partial charge in [-0.2, -0.15) is 0 Å². The molecule has 0 atom stereocenters. The third-order valence-corrected chi connectivity index (χ3v) is 5.31. The Balaban J connectivity index is 1.87. The SMILES string of the molecule is NS(=O)(=O)c1ccc(N2CCOCC2)c(C(=O)OCc2ccc(Cl)cc2)c1. The van der Waals surface area contributed by atoms with Gasteiger partial charge in [-0.05, 0) is 35.9 Å². The van der Waals surface area contributed by atoms with Gasteiger partial charge < -0.3 is 14.4 Å². The van der Waals surface area contributed by atoms with Crippen molar-refractivity contribution in [2.24, 2.45) is 5.14 Å². The van der Waals surface area contributed by atoms with Crippen LogP contribution < -0.4 is 10.0 Å². The fraction of sp³-hybridized carbons (Fsp3) is 0.278. The Labute approximate surface area is 162 Å². The first-order valence-electron chi connectivity index (χ1n) is 8.26. The van der Waals surface area contributed by atoms with Crippen LogP contribution in [0.4, 0.5) is 5.69 Å². The highest BCUT2D eigenvalue weighted by Crippen LogP contribution is 2.26. The molecule has 2 aromatic carbocycles. The second kappa shape index (κ2) is 8.26. The quantitative estimate of drug-likeness (QED) is 0.758. The molecule has 144 valence electrons. The molecule has 27 heavy (non-hydrogen) atoms. The molecule has 0 aromatic heterocycles. The van der Waals surface area contributed by atoms with Gasteiger partial charge in [0.25, 0.3) is 0 Å². The lowest BCUT2D eigenvalue weighted by Gasteiger charge is -2.30. The van der Waals surface area contributed by atoms with E-state index in [-0.39, 0.29) is 17.1 Å². The molecule has 1 aliphatic heterocycles. The van der Waals surface area contributed by atoms with Crippen LogP contribution in [0, 0.1) is 0 Å². The van der Waals surface area contributed by atoms with E-state index in [0.29, 0.717) is 37.0 Å². The molecule has 1 aliphatic rings. The number of esters is 1. The Morgan fingerprint density at radius 2 is 1.81 bits per heavy atom. The van der Waals surface area contributed by atoms with Crippen molar-refractivity contribution in [1.82, 2.24) is 0 Å². The summed E-state index contributed by atoms with van der Waals surface area (Å²) in [7, 11) is -3.94. The predicted octanol–water partition coefficient (Wildman–Crippen LogP) is 2.18. The van der Waals surface area contributed by atoms with Gasteiger partial charge in [0, 0.05) is 18.1 Å². The van der Waals surface area contributed by atoms with Crippen LogP contribution in [-0.2, 0) is 26.1 Å². The zero-order chi connectivity index (χ0) is 19.4. The zero-order valence-corrected chi connectivity index (χ0v) is 16.0. The summed E-state index contributed by atoms with van der Waals surface area (Å²) in [4.78, 5) is 14.5. The summed E-state index contributed by atoms with van der Waals surface area (Å²) in [5.74, 6) is -0.628. The number of sulfonamides is 1. The Kier molecular flexibility index (Phi) is 6.01. The number of morpholine rings is 1. The van der Waals surface area contributed by atoms with E-state index in [1.54, 1.807) is 30.3 Å². The third kappa shape index (κ3) is 4.98. The number of hydrogen-bond acceptors (Lipinski definition) is 6. The summed E-state index contributed by atoms with van der Waals surface area (Å²) in [6.45, 7) is 2.27. The number of primary sulfonamides is 1. The van der Waals surface area contributed by atoms with E-state index in [9.17, 15) is 13.2 Å². The van der Waals surface area contributed by atoms with E-state index in [4.69, 9.17) is 26.2 Å². The van der Waals surface area contributed by atoms with E-state index in [2.05, 4.69) is 0 Å². The lowest BCUT2D eigenvalue weighted by atomic mass is 10.1. The highest BCUT2D eigenvalue weighted by molar-refractivity contribution is 7.89. The summed E-state index contributed by atoms with van der Waals surface area (Å²) in [6, 6.07) is 11.1. The molecule has 1 saturated heterocycles. The number of nitrogens with two attached hydrogens (primary N) is 1. The molecule has 9 heteroatoms. The highest BCUT2D eigenvalue weighted by atomic mass is 35.5. The topological polar surface area (TPSA) is 98.9 Å². The first-order chi connectivity index (χ1) is 12.8. The molecule has 0 aliphatic carbocycles. The standard InChI is InChI=1S/C18H19ClN2O5S/c19-14-3-1-13(2-4-14)12-26-18(22)16-11-15(27(20,23)24)5-6-17(16)21-7-9-25-10-8-21/h1-6,11H,7-10,12H2,(H2,20,23,24). The summed E-state index contributed by atoms with van der Waals surface area (Å²) >= 11 is 5.84. The number of anilines is 1. The van der Waals surface area contributed by atoms with Crippen LogP contribution >= 0.6 is 11.6 Å². The van der Waals surface area contributed by atoms with E-state index in [0.717, 1.165) is 5.56 Å². The maximum atomic E-state index is 12.7. The molecule has 0 saturated carbocycles. The second-order valence-electron chi connectivity index (χ2n) is 6.03. The first kappa shape index (κ1) is 19.6. The van der Waals surface area contributed by atoms with Gasteiger partial charge in [-0.1, -0.05) is 23.7 Å². The van der Waals surface area contributed by atoms with Crippen LogP contribution in [0.1, 0.15) is 15.9 Å². The van der Waals surface area contributed by atoms with E-state index in [1.807, 2.05) is 4.90 Å². The largest absolute Gasteiger partial charge is 0.457 e. The molecule has 0 unspecified atom stereocenters. The van der Waals surface area contributed by atoms with E-state index >= 15 is 0 Å². The lowest BCUT2D eigenvalue weighted by Crippen LogP contribution is -2.37. The van der Waals surface area contributed by atoms with Crippen LogP contribution in [0.25, 0.3) is 0 Å². The molecule has 0 radical (unpaired) electrons. The fourth-order valence-electron chi connectivity index (χ4n) is 2.74. The van der Waals surface area contributed by atoms with Crippen molar-refractivity contribution in [3.05, 3.63) is 58.6 Å². The van der Waals surface area contributed by atoms with E-state index in [1.165, 1.54) is 12.1 Å². The summed E-state index contributed by atoms with van der Waals surface area (Å²) in [5, 5.41) is 5.79. The number of nitrogens with zero attached hydrogens (tertiary/aromatic N) is 1. The van der Waals surface area contributed by atoms with Gasteiger partial charge in [0.1, 0.15) is 6.61 Å². The molecule has 2 aromatic rings. The van der Waals surface area contributed by atoms with Gasteiger partial charge >= 0.3 is 5.97 Å². The van der Waals surface area contributed by atoms with Crippen LogP contribution in [0.2, 0.25) is 5.02 Å². The van der Waals surface area contributed by atoms with Crippen molar-refractivity contribution >= 4 is 33.3 Å². The number of carbonyl (C=O) groups is 1. The van der Waals surface area contributed by atoms with Gasteiger partial charge in [-0.15, -0.1) is 0 Å². The molecule has 0 bridgehead atoms. The third-order valence-electron chi connectivity index (χ3n) is 4.15. The van der Waals surface area contributed by atoms with Crippen molar-refractivity contribution in [2.75, 3.05) is 31.2 Å². The second-order valence-corrected chi connectivity index (χ2v) is 8.02. The fourth-order valence-corrected chi connectivity index (χ4v) is 3.41. The molecule has 2 N–H and O–H groups in total. The predicted molar refractivity (Wildman–Crippen MR) is 101 cm³/mol. The number of hydrogen-bond donors (Lipinski definition) is 1. The number of ether oxygens (including phenoxy) is 2. The number of carbonyl (C=O) groups excluding carboxylic acids is 1.